The highest BCUT2D eigenvalue weighted by molar-refractivity contribution is 9.10. The quantitative estimate of drug-likeness (QED) is 0.499. The molecule has 3 rings (SSSR count). The van der Waals surface area contributed by atoms with Crippen LogP contribution >= 0.6 is 27.3 Å². The third-order valence-electron chi connectivity index (χ3n) is 4.02. The Labute approximate surface area is 181 Å². The third kappa shape index (κ3) is 5.92. The molecule has 152 valence electrons. The number of hydrogen-bond donors (Lipinski definition) is 2. The van der Waals surface area contributed by atoms with Crippen molar-refractivity contribution in [3.8, 4) is 0 Å². The zero-order valence-electron chi connectivity index (χ0n) is 15.5. The number of carbonyl (C=O) groups excluding carboxylic acids is 1. The Kier molecular flexibility index (Phi) is 7.12. The Bertz CT molecular complexity index is 1070. The summed E-state index contributed by atoms with van der Waals surface area (Å²) in [4.78, 5) is 13.0. The molecule has 0 bridgehead atoms. The molecule has 0 saturated heterocycles. The Morgan fingerprint density at radius 3 is 2.41 bits per heavy atom. The van der Waals surface area contributed by atoms with Gasteiger partial charge in [-0.15, -0.1) is 10.2 Å². The number of carbonyl (C=O) groups is 1. The minimum Gasteiger partial charge on any atom is -0.299 e. The number of anilines is 1. The molecule has 1 atom stereocenters. The second-order valence-corrected chi connectivity index (χ2v) is 9.85. The van der Waals surface area contributed by atoms with Crippen LogP contribution in [0.25, 0.3) is 0 Å². The predicted octanol–water partition coefficient (Wildman–Crippen LogP) is 3.39. The molecule has 0 aliphatic rings. The molecule has 7 nitrogen and oxygen atoms in total. The maximum absolute atomic E-state index is 12.9. The minimum absolute atomic E-state index is 0.0794. The molecule has 0 spiro atoms. The lowest BCUT2D eigenvalue weighted by Gasteiger charge is -2.18. The lowest BCUT2D eigenvalue weighted by molar-refractivity contribution is -0.117. The van der Waals surface area contributed by atoms with Gasteiger partial charge in [-0.05, 0) is 42.7 Å². The maximum Gasteiger partial charge on any atom is 0.244 e. The first-order valence-electron chi connectivity index (χ1n) is 8.82. The van der Waals surface area contributed by atoms with Crippen molar-refractivity contribution in [2.75, 3.05) is 5.32 Å². The molecule has 0 aliphatic carbocycles. The van der Waals surface area contributed by atoms with E-state index >= 15 is 0 Å². The molecule has 2 N–H and O–H groups in total. The van der Waals surface area contributed by atoms with Crippen LogP contribution in [0.2, 0.25) is 0 Å². The van der Waals surface area contributed by atoms with Crippen molar-refractivity contribution in [2.45, 2.75) is 30.7 Å². The monoisotopic (exact) mass is 494 g/mol. The van der Waals surface area contributed by atoms with E-state index in [1.807, 2.05) is 37.3 Å². The van der Waals surface area contributed by atoms with Crippen molar-refractivity contribution in [3.05, 3.63) is 69.6 Å². The zero-order valence-corrected chi connectivity index (χ0v) is 18.7. The topological polar surface area (TPSA) is 101 Å². The fourth-order valence-electron chi connectivity index (χ4n) is 2.55. The first-order valence-corrected chi connectivity index (χ1v) is 11.9. The molecule has 0 radical (unpaired) electrons. The Morgan fingerprint density at radius 1 is 1.10 bits per heavy atom. The molecule has 1 unspecified atom stereocenters. The number of nitrogens with zero attached hydrogens (tertiary/aromatic N) is 2. The standard InChI is InChI=1S/C19H19BrN4O3S2/c1-2-17-22-23-19(28-17)21-18(25)16(12-13-6-4-3-5-7-13)24-29(26,27)15-10-8-14(20)9-11-15/h3-11,16,24H,2,12H2,1H3,(H,21,23,25). The zero-order chi connectivity index (χ0) is 20.9. The highest BCUT2D eigenvalue weighted by atomic mass is 79.9. The first kappa shape index (κ1) is 21.6. The van der Waals surface area contributed by atoms with E-state index in [4.69, 9.17) is 0 Å². The van der Waals surface area contributed by atoms with Crippen LogP contribution in [0.1, 0.15) is 17.5 Å². The van der Waals surface area contributed by atoms with Gasteiger partial charge in [0.05, 0.1) is 4.90 Å². The van der Waals surface area contributed by atoms with Gasteiger partial charge in [0.1, 0.15) is 11.0 Å². The van der Waals surface area contributed by atoms with Crippen molar-refractivity contribution >= 4 is 48.3 Å². The molecule has 1 aromatic heterocycles. The van der Waals surface area contributed by atoms with Crippen LogP contribution in [0.5, 0.6) is 0 Å². The highest BCUT2D eigenvalue weighted by Crippen LogP contribution is 2.18. The SMILES string of the molecule is CCc1nnc(NC(=O)C(Cc2ccccc2)NS(=O)(=O)c2ccc(Br)cc2)s1. The third-order valence-corrected chi connectivity index (χ3v) is 7.02. The summed E-state index contributed by atoms with van der Waals surface area (Å²) in [7, 11) is -3.90. The molecule has 2 aromatic carbocycles. The van der Waals surface area contributed by atoms with E-state index < -0.39 is 22.0 Å². The van der Waals surface area contributed by atoms with Crippen LogP contribution in [-0.2, 0) is 27.7 Å². The first-order chi connectivity index (χ1) is 13.9. The van der Waals surface area contributed by atoms with E-state index in [2.05, 4.69) is 36.2 Å². The second-order valence-electron chi connectivity index (χ2n) is 6.16. The van der Waals surface area contributed by atoms with E-state index in [0.29, 0.717) is 11.6 Å². The van der Waals surface area contributed by atoms with Gasteiger partial charge < -0.3 is 0 Å². The molecule has 0 saturated carbocycles. The van der Waals surface area contributed by atoms with Crippen LogP contribution < -0.4 is 10.0 Å². The van der Waals surface area contributed by atoms with Gasteiger partial charge in [0.15, 0.2) is 0 Å². The number of sulfonamides is 1. The lowest BCUT2D eigenvalue weighted by atomic mass is 10.1. The molecule has 1 heterocycles. The molecule has 0 aliphatic heterocycles. The number of benzene rings is 2. The lowest BCUT2D eigenvalue weighted by Crippen LogP contribution is -2.45. The Morgan fingerprint density at radius 2 is 1.79 bits per heavy atom. The summed E-state index contributed by atoms with van der Waals surface area (Å²) >= 11 is 4.55. The number of nitrogens with one attached hydrogen (secondary N) is 2. The van der Waals surface area contributed by atoms with E-state index in [1.54, 1.807) is 12.1 Å². The van der Waals surface area contributed by atoms with Crippen molar-refractivity contribution in [3.63, 3.8) is 0 Å². The summed E-state index contributed by atoms with van der Waals surface area (Å²) < 4.78 is 28.9. The molecule has 3 aromatic rings. The van der Waals surface area contributed by atoms with Crippen LogP contribution in [0.15, 0.2) is 64.0 Å². The Hall–Kier alpha value is -2.14. The maximum atomic E-state index is 12.9. The van der Waals surface area contributed by atoms with Crippen molar-refractivity contribution < 1.29 is 13.2 Å². The normalized spacial score (nSPS) is 12.5. The van der Waals surface area contributed by atoms with Crippen LogP contribution in [0.4, 0.5) is 5.13 Å². The van der Waals surface area contributed by atoms with Gasteiger partial charge >= 0.3 is 0 Å². The second kappa shape index (κ2) is 9.57. The number of amides is 1. The van der Waals surface area contributed by atoms with Gasteiger partial charge in [-0.3, -0.25) is 10.1 Å². The molecular weight excluding hydrogens is 476 g/mol. The number of hydrogen-bond acceptors (Lipinski definition) is 6. The number of aryl methyl sites for hydroxylation is 1. The van der Waals surface area contributed by atoms with E-state index in [1.165, 1.54) is 23.5 Å². The van der Waals surface area contributed by atoms with Crippen LogP contribution in [0, 0.1) is 0 Å². The van der Waals surface area contributed by atoms with E-state index in [9.17, 15) is 13.2 Å². The van der Waals surface area contributed by atoms with Gasteiger partial charge in [-0.25, -0.2) is 8.42 Å². The highest BCUT2D eigenvalue weighted by Gasteiger charge is 2.27. The average Bonchev–Trinajstić information content (AvgIpc) is 3.16. The van der Waals surface area contributed by atoms with Crippen molar-refractivity contribution in [2.24, 2.45) is 0 Å². The summed E-state index contributed by atoms with van der Waals surface area (Å²) in [5.74, 6) is -0.492. The van der Waals surface area contributed by atoms with Gasteiger partial charge in [0.2, 0.25) is 21.1 Å². The summed E-state index contributed by atoms with van der Waals surface area (Å²) in [6.45, 7) is 1.94. The number of aromatic nitrogens is 2. The largest absolute Gasteiger partial charge is 0.299 e. The minimum atomic E-state index is -3.90. The van der Waals surface area contributed by atoms with Crippen molar-refractivity contribution in [1.82, 2.24) is 14.9 Å². The Balaban J connectivity index is 1.83. The van der Waals surface area contributed by atoms with Gasteiger partial charge in [-0.1, -0.05) is 64.5 Å². The molecule has 29 heavy (non-hydrogen) atoms. The smallest absolute Gasteiger partial charge is 0.244 e. The number of rotatable bonds is 8. The van der Waals surface area contributed by atoms with Gasteiger partial charge in [0.25, 0.3) is 0 Å². The fraction of sp³-hybridized carbons (Fsp3) is 0.211. The molecule has 10 heteroatoms. The number of halogens is 1. The van der Waals surface area contributed by atoms with E-state index in [0.717, 1.165) is 15.0 Å². The summed E-state index contributed by atoms with van der Waals surface area (Å²) in [5, 5.41) is 11.7. The van der Waals surface area contributed by atoms with E-state index in [-0.39, 0.29) is 11.3 Å². The summed E-state index contributed by atoms with van der Waals surface area (Å²) in [6.07, 6.45) is 0.902. The average molecular weight is 495 g/mol. The molecule has 1 amide bonds. The molecular formula is C19H19BrN4O3S2. The fourth-order valence-corrected chi connectivity index (χ4v) is 4.69. The summed E-state index contributed by atoms with van der Waals surface area (Å²) in [6, 6.07) is 14.4. The van der Waals surface area contributed by atoms with Crippen molar-refractivity contribution in [1.29, 1.82) is 0 Å². The van der Waals surface area contributed by atoms with Gasteiger partial charge in [-0.2, -0.15) is 4.72 Å². The summed E-state index contributed by atoms with van der Waals surface area (Å²) in [5.41, 5.74) is 0.831. The van der Waals surface area contributed by atoms with Crippen LogP contribution in [0.3, 0.4) is 0 Å². The van der Waals surface area contributed by atoms with Gasteiger partial charge in [0, 0.05) is 4.47 Å². The molecule has 0 fully saturated rings. The predicted molar refractivity (Wildman–Crippen MR) is 116 cm³/mol. The van der Waals surface area contributed by atoms with Crippen LogP contribution in [-0.4, -0.2) is 30.6 Å².